The van der Waals surface area contributed by atoms with Crippen molar-refractivity contribution in [3.05, 3.63) is 39.5 Å². The molecule has 0 unspecified atom stereocenters. The summed E-state index contributed by atoms with van der Waals surface area (Å²) in [4.78, 5) is 23.2. The zero-order valence-corrected chi connectivity index (χ0v) is 11.8. The highest BCUT2D eigenvalue weighted by atomic mass is 35.5. The van der Waals surface area contributed by atoms with Crippen LogP contribution in [-0.2, 0) is 7.05 Å². The van der Waals surface area contributed by atoms with E-state index in [1.807, 2.05) is 0 Å². The first-order valence-electron chi connectivity index (χ1n) is 5.35. The number of carboxylic acids is 1. The van der Waals surface area contributed by atoms with Crippen LogP contribution in [0.15, 0.2) is 18.3 Å². The van der Waals surface area contributed by atoms with Gasteiger partial charge >= 0.3 is 5.97 Å². The Bertz CT molecular complexity index is 660. The summed E-state index contributed by atoms with van der Waals surface area (Å²) < 4.78 is 1.61. The normalized spacial score (nSPS) is 10.5. The van der Waals surface area contributed by atoms with Gasteiger partial charge in [-0.15, -0.1) is 11.3 Å². The van der Waals surface area contributed by atoms with Crippen molar-refractivity contribution in [1.29, 1.82) is 0 Å². The molecule has 5 nitrogen and oxygen atoms in total. The van der Waals surface area contributed by atoms with Gasteiger partial charge in [0.25, 0.3) is 5.91 Å². The Morgan fingerprint density at radius 2 is 2.11 bits per heavy atom. The van der Waals surface area contributed by atoms with Crippen LogP contribution in [0.25, 0.3) is 0 Å². The van der Waals surface area contributed by atoms with Crippen LogP contribution in [0.5, 0.6) is 0 Å². The highest BCUT2D eigenvalue weighted by Crippen LogP contribution is 2.27. The number of carbonyl (C=O) groups excluding carboxylic acids is 1. The van der Waals surface area contributed by atoms with Gasteiger partial charge in [-0.1, -0.05) is 11.6 Å². The maximum absolute atomic E-state index is 12.0. The molecule has 0 fully saturated rings. The molecule has 0 spiro atoms. The van der Waals surface area contributed by atoms with Crippen LogP contribution in [0.3, 0.4) is 0 Å². The quantitative estimate of drug-likeness (QED) is 0.915. The summed E-state index contributed by atoms with van der Waals surface area (Å²) in [7, 11) is 1.71. The van der Waals surface area contributed by atoms with Gasteiger partial charge in [-0.25, -0.2) is 4.79 Å². The molecular formula is C12H11ClN2O3S. The van der Waals surface area contributed by atoms with Crippen LogP contribution in [0.4, 0.5) is 5.00 Å². The summed E-state index contributed by atoms with van der Waals surface area (Å²) in [6.07, 6.45) is 1.62. The maximum atomic E-state index is 12.0. The van der Waals surface area contributed by atoms with Gasteiger partial charge in [0.1, 0.15) is 10.6 Å². The van der Waals surface area contributed by atoms with Gasteiger partial charge in [0, 0.05) is 13.2 Å². The number of hydrogen-bond donors (Lipinski definition) is 2. The van der Waals surface area contributed by atoms with Crippen LogP contribution in [0, 0.1) is 6.92 Å². The van der Waals surface area contributed by atoms with Gasteiger partial charge in [0.15, 0.2) is 0 Å². The first kappa shape index (κ1) is 13.6. The smallest absolute Gasteiger partial charge is 0.346 e. The minimum Gasteiger partial charge on any atom is -0.477 e. The minimum absolute atomic E-state index is 0.222. The Hall–Kier alpha value is -1.79. The number of rotatable bonds is 3. The summed E-state index contributed by atoms with van der Waals surface area (Å²) in [5.41, 5.74) is 1.03. The molecule has 100 valence electrons. The number of aryl methyl sites for hydroxylation is 2. The van der Waals surface area contributed by atoms with Crippen molar-refractivity contribution in [2.24, 2.45) is 7.05 Å². The molecule has 0 bridgehead atoms. The van der Waals surface area contributed by atoms with E-state index in [1.165, 1.54) is 0 Å². The van der Waals surface area contributed by atoms with Crippen molar-refractivity contribution in [3.8, 4) is 0 Å². The number of anilines is 1. The summed E-state index contributed by atoms with van der Waals surface area (Å²) in [6, 6.07) is 3.19. The third-order valence-corrected chi connectivity index (χ3v) is 3.90. The second-order valence-corrected chi connectivity index (χ2v) is 5.53. The van der Waals surface area contributed by atoms with Crippen molar-refractivity contribution < 1.29 is 14.7 Å². The van der Waals surface area contributed by atoms with Crippen LogP contribution in [0.2, 0.25) is 5.02 Å². The third-order valence-electron chi connectivity index (χ3n) is 2.55. The fourth-order valence-electron chi connectivity index (χ4n) is 1.68. The van der Waals surface area contributed by atoms with E-state index < -0.39 is 5.97 Å². The van der Waals surface area contributed by atoms with Crippen molar-refractivity contribution in [2.45, 2.75) is 6.92 Å². The first-order chi connectivity index (χ1) is 8.88. The highest BCUT2D eigenvalue weighted by Gasteiger charge is 2.16. The van der Waals surface area contributed by atoms with E-state index in [2.05, 4.69) is 5.32 Å². The average Bonchev–Trinajstić information content (AvgIpc) is 2.81. The van der Waals surface area contributed by atoms with E-state index >= 15 is 0 Å². The lowest BCUT2D eigenvalue weighted by molar-refractivity contribution is 0.0701. The molecule has 0 saturated carbocycles. The molecular weight excluding hydrogens is 288 g/mol. The Balaban J connectivity index is 2.22. The van der Waals surface area contributed by atoms with Crippen LogP contribution in [0.1, 0.15) is 25.7 Å². The predicted octanol–water partition coefficient (Wildman–Crippen LogP) is 3.00. The molecule has 0 aliphatic heterocycles. The Morgan fingerprint density at radius 1 is 1.42 bits per heavy atom. The topological polar surface area (TPSA) is 71.3 Å². The number of amides is 1. The van der Waals surface area contributed by atoms with Gasteiger partial charge in [-0.2, -0.15) is 0 Å². The molecule has 0 aliphatic rings. The highest BCUT2D eigenvalue weighted by molar-refractivity contribution is 7.18. The molecule has 1 amide bonds. The van der Waals surface area contributed by atoms with E-state index in [9.17, 15) is 9.59 Å². The van der Waals surface area contributed by atoms with Crippen LogP contribution < -0.4 is 5.32 Å². The average molecular weight is 299 g/mol. The molecule has 2 N–H and O–H groups in total. The fourth-order valence-corrected chi connectivity index (χ4v) is 2.84. The lowest BCUT2D eigenvalue weighted by Gasteiger charge is -2.02. The molecule has 7 heteroatoms. The standard InChI is InChI=1S/C12H11ClN2O3S/c1-6-3-9(19-10(6)12(17)18)14-11(16)8-4-7(13)5-15(8)2/h3-5H,1-2H3,(H,14,16)(H,17,18). The van der Waals surface area contributed by atoms with Crippen molar-refractivity contribution in [2.75, 3.05) is 5.32 Å². The van der Waals surface area contributed by atoms with Gasteiger partial charge in [0.05, 0.1) is 10.0 Å². The van der Waals surface area contributed by atoms with Gasteiger partial charge in [-0.05, 0) is 24.6 Å². The second-order valence-electron chi connectivity index (χ2n) is 4.04. The maximum Gasteiger partial charge on any atom is 0.346 e. The van der Waals surface area contributed by atoms with Gasteiger partial charge in [0.2, 0.25) is 0 Å². The van der Waals surface area contributed by atoms with Gasteiger partial charge < -0.3 is 15.0 Å². The Morgan fingerprint density at radius 3 is 2.58 bits per heavy atom. The summed E-state index contributed by atoms with van der Waals surface area (Å²) in [5, 5.41) is 12.6. The number of aromatic nitrogens is 1. The molecule has 19 heavy (non-hydrogen) atoms. The predicted molar refractivity (Wildman–Crippen MR) is 74.4 cm³/mol. The Kier molecular flexibility index (Phi) is 3.64. The summed E-state index contributed by atoms with van der Waals surface area (Å²) in [6.45, 7) is 1.69. The third kappa shape index (κ3) is 2.80. The lowest BCUT2D eigenvalue weighted by atomic mass is 10.3. The SMILES string of the molecule is Cc1cc(NC(=O)c2cc(Cl)cn2C)sc1C(=O)O. The number of aromatic carboxylic acids is 1. The largest absolute Gasteiger partial charge is 0.477 e. The fraction of sp³-hybridized carbons (Fsp3) is 0.167. The van der Waals surface area contributed by atoms with Crippen LogP contribution in [-0.4, -0.2) is 21.6 Å². The molecule has 2 aromatic heterocycles. The van der Waals surface area contributed by atoms with E-state index in [-0.39, 0.29) is 10.8 Å². The summed E-state index contributed by atoms with van der Waals surface area (Å²) in [5.74, 6) is -1.32. The summed E-state index contributed by atoms with van der Waals surface area (Å²) >= 11 is 6.84. The van der Waals surface area contributed by atoms with Crippen molar-refractivity contribution in [1.82, 2.24) is 4.57 Å². The number of carbonyl (C=O) groups is 2. The molecule has 0 saturated heterocycles. The molecule has 0 aromatic carbocycles. The second kappa shape index (κ2) is 5.07. The number of nitrogens with one attached hydrogen (secondary N) is 1. The monoisotopic (exact) mass is 298 g/mol. The molecule has 2 aromatic rings. The molecule has 0 radical (unpaired) electrons. The number of halogens is 1. The molecule has 2 heterocycles. The van der Waals surface area contributed by atoms with Crippen LogP contribution >= 0.6 is 22.9 Å². The van der Waals surface area contributed by atoms with E-state index in [0.717, 1.165) is 11.3 Å². The van der Waals surface area contributed by atoms with Gasteiger partial charge in [-0.3, -0.25) is 4.79 Å². The van der Waals surface area contributed by atoms with Crippen molar-refractivity contribution >= 4 is 39.8 Å². The van der Waals surface area contributed by atoms with E-state index in [4.69, 9.17) is 16.7 Å². The van der Waals surface area contributed by atoms with Crippen molar-refractivity contribution in [3.63, 3.8) is 0 Å². The molecule has 0 aliphatic carbocycles. The zero-order chi connectivity index (χ0) is 14.2. The Labute approximate surface area is 118 Å². The number of nitrogens with zero attached hydrogens (tertiary/aromatic N) is 1. The zero-order valence-electron chi connectivity index (χ0n) is 10.2. The van der Waals surface area contributed by atoms with E-state index in [0.29, 0.717) is 21.3 Å². The number of hydrogen-bond acceptors (Lipinski definition) is 3. The number of thiophene rings is 1. The molecule has 0 atom stereocenters. The lowest BCUT2D eigenvalue weighted by Crippen LogP contribution is -2.14. The minimum atomic E-state index is -0.995. The number of carboxylic acid groups (broad SMARTS) is 1. The van der Waals surface area contributed by atoms with E-state index in [1.54, 1.807) is 36.9 Å². The first-order valence-corrected chi connectivity index (χ1v) is 6.55. The molecule has 2 rings (SSSR count).